The number of benzene rings is 1. The van der Waals surface area contributed by atoms with Gasteiger partial charge in [0.2, 0.25) is 0 Å². The molecule has 0 spiro atoms. The molecule has 1 saturated heterocycles. The predicted molar refractivity (Wildman–Crippen MR) is 110 cm³/mol. The summed E-state index contributed by atoms with van der Waals surface area (Å²) in [5.74, 6) is 1.50. The van der Waals surface area contributed by atoms with Crippen molar-refractivity contribution in [1.29, 1.82) is 0 Å². The normalized spacial score (nSPS) is 17.0. The van der Waals surface area contributed by atoms with Crippen LogP contribution in [0.5, 0.6) is 0 Å². The average molecular weight is 404 g/mol. The predicted octanol–water partition coefficient (Wildman–Crippen LogP) is 4.07. The van der Waals surface area contributed by atoms with Gasteiger partial charge in [0.1, 0.15) is 10.0 Å². The number of hydrogen-bond donors (Lipinski definition) is 0. The van der Waals surface area contributed by atoms with Crippen molar-refractivity contribution in [2.75, 3.05) is 13.1 Å². The number of aromatic nitrogens is 2. The highest BCUT2D eigenvalue weighted by Gasteiger charge is 2.30. The Hall–Kier alpha value is -1.70. The van der Waals surface area contributed by atoms with Gasteiger partial charge in [-0.2, -0.15) is 4.31 Å². The number of rotatable bonds is 5. The Kier molecular flexibility index (Phi) is 5.09. The molecule has 0 aliphatic carbocycles. The minimum Gasteiger partial charge on any atom is -0.328 e. The van der Waals surface area contributed by atoms with Crippen LogP contribution in [0.3, 0.4) is 0 Å². The van der Waals surface area contributed by atoms with E-state index in [4.69, 9.17) is 0 Å². The summed E-state index contributed by atoms with van der Waals surface area (Å²) in [6.45, 7) is 6.19. The number of sulfonamides is 1. The molecule has 5 nitrogen and oxygen atoms in total. The van der Waals surface area contributed by atoms with Gasteiger partial charge in [0.15, 0.2) is 0 Å². The molecule has 0 unspecified atom stereocenters. The van der Waals surface area contributed by atoms with Crippen LogP contribution in [0.1, 0.15) is 30.5 Å². The highest BCUT2D eigenvalue weighted by Crippen LogP contribution is 2.30. The van der Waals surface area contributed by atoms with E-state index < -0.39 is 10.0 Å². The fourth-order valence-electron chi connectivity index (χ4n) is 3.83. The van der Waals surface area contributed by atoms with E-state index in [-0.39, 0.29) is 0 Å². The third kappa shape index (κ3) is 3.56. The van der Waals surface area contributed by atoms with Crippen molar-refractivity contribution in [3.8, 4) is 0 Å². The second-order valence-electron chi connectivity index (χ2n) is 7.18. The number of piperidine rings is 1. The van der Waals surface area contributed by atoms with Crippen LogP contribution in [0.25, 0.3) is 11.0 Å². The van der Waals surface area contributed by atoms with Crippen molar-refractivity contribution >= 4 is 32.4 Å². The van der Waals surface area contributed by atoms with Crippen molar-refractivity contribution < 1.29 is 8.42 Å². The van der Waals surface area contributed by atoms with E-state index in [0.29, 0.717) is 23.2 Å². The van der Waals surface area contributed by atoms with Crippen molar-refractivity contribution in [2.45, 2.75) is 43.9 Å². The second-order valence-corrected chi connectivity index (χ2v) is 10.5. The number of aryl methyl sites for hydroxylation is 2. The van der Waals surface area contributed by atoms with Crippen LogP contribution in [-0.2, 0) is 23.0 Å². The molecule has 144 valence electrons. The molecule has 3 heterocycles. The Morgan fingerprint density at radius 2 is 1.89 bits per heavy atom. The van der Waals surface area contributed by atoms with Gasteiger partial charge in [-0.1, -0.05) is 19.1 Å². The Labute approximate surface area is 164 Å². The third-order valence-electron chi connectivity index (χ3n) is 5.44. The van der Waals surface area contributed by atoms with Crippen molar-refractivity contribution in [2.24, 2.45) is 5.92 Å². The minimum absolute atomic E-state index is 0.474. The summed E-state index contributed by atoms with van der Waals surface area (Å²) in [6, 6.07) is 11.9. The van der Waals surface area contributed by atoms with Gasteiger partial charge >= 0.3 is 0 Å². The monoisotopic (exact) mass is 403 g/mol. The molecule has 0 saturated carbocycles. The summed E-state index contributed by atoms with van der Waals surface area (Å²) in [4.78, 5) is 5.76. The third-order valence-corrected chi connectivity index (χ3v) is 9.03. The number of fused-ring (bicyclic) bond motifs is 1. The molecule has 0 radical (unpaired) electrons. The van der Waals surface area contributed by atoms with Crippen molar-refractivity contribution in [3.05, 3.63) is 47.1 Å². The van der Waals surface area contributed by atoms with Gasteiger partial charge in [-0.3, -0.25) is 0 Å². The lowest BCUT2D eigenvalue weighted by Crippen LogP contribution is -2.39. The van der Waals surface area contributed by atoms with E-state index >= 15 is 0 Å². The SMILES string of the molecule is CCc1ccc(S(=O)(=O)N2CCC(Cn3c(C)nc4ccccc43)CC2)s1. The van der Waals surface area contributed by atoms with Crippen molar-refractivity contribution in [3.63, 3.8) is 0 Å². The quantitative estimate of drug-likeness (QED) is 0.645. The zero-order valence-corrected chi connectivity index (χ0v) is 17.4. The average Bonchev–Trinajstić information content (AvgIpc) is 3.28. The van der Waals surface area contributed by atoms with Gasteiger partial charge in [0, 0.05) is 24.5 Å². The second kappa shape index (κ2) is 7.37. The number of para-hydroxylation sites is 2. The lowest BCUT2D eigenvalue weighted by molar-refractivity contribution is 0.254. The highest BCUT2D eigenvalue weighted by atomic mass is 32.2. The molecule has 0 N–H and O–H groups in total. The van der Waals surface area contributed by atoms with Gasteiger partial charge < -0.3 is 4.57 Å². The number of hydrogen-bond acceptors (Lipinski definition) is 4. The fourth-order valence-corrected chi connectivity index (χ4v) is 6.75. The molecule has 2 aromatic heterocycles. The van der Waals surface area contributed by atoms with Crippen LogP contribution < -0.4 is 0 Å². The maximum atomic E-state index is 12.9. The maximum Gasteiger partial charge on any atom is 0.252 e. The van der Waals surface area contributed by atoms with Crippen LogP contribution in [-0.4, -0.2) is 35.4 Å². The molecule has 1 fully saturated rings. The van der Waals surface area contributed by atoms with E-state index in [9.17, 15) is 8.42 Å². The van der Waals surface area contributed by atoms with Gasteiger partial charge in [0.25, 0.3) is 10.0 Å². The Morgan fingerprint density at radius 1 is 1.15 bits per heavy atom. The molecule has 27 heavy (non-hydrogen) atoms. The van der Waals surface area contributed by atoms with Crippen LogP contribution in [0.4, 0.5) is 0 Å². The molecule has 0 bridgehead atoms. The maximum absolute atomic E-state index is 12.9. The molecule has 0 atom stereocenters. The summed E-state index contributed by atoms with van der Waals surface area (Å²) < 4.78 is 30.2. The minimum atomic E-state index is -3.35. The molecule has 1 aliphatic heterocycles. The van der Waals surface area contributed by atoms with E-state index in [2.05, 4.69) is 22.5 Å². The lowest BCUT2D eigenvalue weighted by Gasteiger charge is -2.31. The first kappa shape index (κ1) is 18.7. The molecule has 1 aliphatic rings. The Balaban J connectivity index is 1.45. The summed E-state index contributed by atoms with van der Waals surface area (Å²) in [7, 11) is -3.35. The fraction of sp³-hybridized carbons (Fsp3) is 0.450. The molecule has 0 amide bonds. The van der Waals surface area contributed by atoms with Gasteiger partial charge in [-0.15, -0.1) is 11.3 Å². The zero-order valence-electron chi connectivity index (χ0n) is 15.8. The summed E-state index contributed by atoms with van der Waals surface area (Å²) in [5.41, 5.74) is 2.19. The first-order valence-corrected chi connectivity index (χ1v) is 11.8. The lowest BCUT2D eigenvalue weighted by atomic mass is 9.98. The van der Waals surface area contributed by atoms with Gasteiger partial charge in [-0.25, -0.2) is 13.4 Å². The first-order chi connectivity index (χ1) is 13.0. The molecular formula is C20H25N3O2S2. The summed E-state index contributed by atoms with van der Waals surface area (Å²) in [6.07, 6.45) is 2.65. The van der Waals surface area contributed by atoms with E-state index in [1.807, 2.05) is 31.2 Å². The Bertz CT molecular complexity index is 1040. The molecule has 1 aromatic carbocycles. The molecule has 7 heteroatoms. The van der Waals surface area contributed by atoms with Gasteiger partial charge in [0.05, 0.1) is 11.0 Å². The highest BCUT2D eigenvalue weighted by molar-refractivity contribution is 7.91. The number of imidazole rings is 1. The largest absolute Gasteiger partial charge is 0.328 e. The number of thiophene rings is 1. The van der Waals surface area contributed by atoms with Crippen LogP contribution >= 0.6 is 11.3 Å². The smallest absolute Gasteiger partial charge is 0.252 e. The standard InChI is InChI=1S/C20H25N3O2S2/c1-3-17-8-9-20(26-17)27(24,25)22-12-10-16(11-13-22)14-23-15(2)21-18-6-4-5-7-19(18)23/h4-9,16H,3,10-14H2,1-2H3. The number of nitrogens with zero attached hydrogens (tertiary/aromatic N) is 3. The topological polar surface area (TPSA) is 55.2 Å². The van der Waals surface area contributed by atoms with Gasteiger partial charge in [-0.05, 0) is 56.4 Å². The van der Waals surface area contributed by atoms with Crippen LogP contribution in [0.2, 0.25) is 0 Å². The Morgan fingerprint density at radius 3 is 2.59 bits per heavy atom. The summed E-state index contributed by atoms with van der Waals surface area (Å²) >= 11 is 1.40. The molecule has 3 aromatic rings. The zero-order chi connectivity index (χ0) is 19.0. The van der Waals surface area contributed by atoms with Crippen molar-refractivity contribution in [1.82, 2.24) is 13.9 Å². The summed E-state index contributed by atoms with van der Waals surface area (Å²) in [5, 5.41) is 0. The van der Waals surface area contributed by atoms with Crippen LogP contribution in [0.15, 0.2) is 40.6 Å². The van der Waals surface area contributed by atoms with E-state index in [1.54, 1.807) is 10.4 Å². The van der Waals surface area contributed by atoms with Crippen LogP contribution in [0, 0.1) is 12.8 Å². The van der Waals surface area contributed by atoms with E-state index in [0.717, 1.165) is 47.5 Å². The molecule has 4 rings (SSSR count). The van der Waals surface area contributed by atoms with E-state index in [1.165, 1.54) is 11.3 Å². The first-order valence-electron chi connectivity index (χ1n) is 9.49. The molecular weight excluding hydrogens is 378 g/mol.